The second-order valence-corrected chi connectivity index (χ2v) is 5.62. The van der Waals surface area contributed by atoms with Gasteiger partial charge in [-0.1, -0.05) is 0 Å². The minimum atomic E-state index is 0.472. The van der Waals surface area contributed by atoms with E-state index in [-0.39, 0.29) is 0 Å². The first-order valence-corrected chi connectivity index (χ1v) is 8.50. The van der Waals surface area contributed by atoms with Crippen LogP contribution < -0.4 is 10.6 Å². The average Bonchev–Trinajstić information content (AvgIpc) is 2.45. The molecule has 6 heteroatoms. The molecule has 1 heterocycles. The van der Waals surface area contributed by atoms with Crippen molar-refractivity contribution in [3.8, 4) is 0 Å². The highest BCUT2D eigenvalue weighted by atomic mass is 32.2. The van der Waals surface area contributed by atoms with E-state index < -0.39 is 0 Å². The number of aliphatic imine (C=N–C) groups is 1. The molecule has 5 nitrogen and oxygen atoms in total. The van der Waals surface area contributed by atoms with Crippen LogP contribution in [0.5, 0.6) is 0 Å². The Hall–Kier alpha value is -0.460. The molecule has 0 radical (unpaired) electrons. The maximum atomic E-state index is 5.38. The van der Waals surface area contributed by atoms with Crippen molar-refractivity contribution in [2.45, 2.75) is 19.9 Å². The molecular weight excluding hydrogens is 260 g/mol. The third kappa shape index (κ3) is 7.03. The molecule has 0 spiro atoms. The summed E-state index contributed by atoms with van der Waals surface area (Å²) in [5, 5.41) is 6.64. The average molecular weight is 288 g/mol. The fourth-order valence-corrected chi connectivity index (χ4v) is 2.28. The Morgan fingerprint density at radius 3 is 2.74 bits per heavy atom. The van der Waals surface area contributed by atoms with E-state index in [1.807, 2.05) is 11.8 Å². The lowest BCUT2D eigenvalue weighted by molar-refractivity contribution is 0.0220. The van der Waals surface area contributed by atoms with Crippen molar-refractivity contribution in [2.75, 3.05) is 57.9 Å². The van der Waals surface area contributed by atoms with E-state index in [1.54, 1.807) is 0 Å². The first kappa shape index (κ1) is 16.6. The van der Waals surface area contributed by atoms with Gasteiger partial charge in [0.25, 0.3) is 0 Å². The number of nitrogens with one attached hydrogen (secondary N) is 2. The Morgan fingerprint density at radius 2 is 2.11 bits per heavy atom. The van der Waals surface area contributed by atoms with Crippen LogP contribution in [0.2, 0.25) is 0 Å². The van der Waals surface area contributed by atoms with Gasteiger partial charge in [0.2, 0.25) is 0 Å². The number of guanidine groups is 1. The van der Waals surface area contributed by atoms with Gasteiger partial charge in [0.15, 0.2) is 5.96 Å². The minimum Gasteiger partial charge on any atom is -0.379 e. The van der Waals surface area contributed by atoms with Crippen LogP contribution in [0.1, 0.15) is 13.8 Å². The molecule has 1 aliphatic rings. The molecule has 1 saturated heterocycles. The van der Waals surface area contributed by atoms with Crippen molar-refractivity contribution < 1.29 is 4.74 Å². The third-order valence-electron chi connectivity index (χ3n) is 3.13. The molecule has 0 aromatic carbocycles. The molecule has 1 fully saturated rings. The van der Waals surface area contributed by atoms with Crippen LogP contribution in [0, 0.1) is 0 Å². The number of rotatable bonds is 7. The third-order valence-corrected chi connectivity index (χ3v) is 3.74. The van der Waals surface area contributed by atoms with E-state index in [1.165, 1.54) is 0 Å². The molecular formula is C13H28N4OS. The zero-order chi connectivity index (χ0) is 13.9. The van der Waals surface area contributed by atoms with E-state index in [0.29, 0.717) is 6.04 Å². The molecule has 1 unspecified atom stereocenters. The van der Waals surface area contributed by atoms with E-state index in [2.05, 4.69) is 40.6 Å². The van der Waals surface area contributed by atoms with E-state index in [9.17, 15) is 0 Å². The first-order chi connectivity index (χ1) is 9.27. The Bertz CT molecular complexity index is 257. The highest BCUT2D eigenvalue weighted by Gasteiger charge is 2.16. The highest BCUT2D eigenvalue weighted by molar-refractivity contribution is 7.98. The smallest absolute Gasteiger partial charge is 0.191 e. The first-order valence-electron chi connectivity index (χ1n) is 7.10. The van der Waals surface area contributed by atoms with E-state index in [4.69, 9.17) is 4.74 Å². The fourth-order valence-electron chi connectivity index (χ4n) is 1.97. The monoisotopic (exact) mass is 288 g/mol. The zero-order valence-electron chi connectivity index (χ0n) is 12.4. The SMILES string of the molecule is CCNC(=NCC(C)N1CCOCC1)NCCSC. The highest BCUT2D eigenvalue weighted by Crippen LogP contribution is 2.03. The summed E-state index contributed by atoms with van der Waals surface area (Å²) in [6.07, 6.45) is 2.12. The summed E-state index contributed by atoms with van der Waals surface area (Å²) in [7, 11) is 0. The van der Waals surface area contributed by atoms with Gasteiger partial charge in [-0.3, -0.25) is 9.89 Å². The largest absolute Gasteiger partial charge is 0.379 e. The van der Waals surface area contributed by atoms with Crippen LogP contribution in [0.4, 0.5) is 0 Å². The number of hydrogen-bond donors (Lipinski definition) is 2. The standard InChI is InChI=1S/C13H28N4OS/c1-4-14-13(15-5-10-19-3)16-11-12(2)17-6-8-18-9-7-17/h12H,4-11H2,1-3H3,(H2,14,15,16). The van der Waals surface area contributed by atoms with Gasteiger partial charge in [-0.05, 0) is 20.1 Å². The lowest BCUT2D eigenvalue weighted by Gasteiger charge is -2.31. The number of ether oxygens (including phenoxy) is 1. The molecule has 1 rings (SSSR count). The number of hydrogen-bond acceptors (Lipinski definition) is 4. The van der Waals surface area contributed by atoms with E-state index in [0.717, 1.165) is 57.6 Å². The molecule has 0 aliphatic carbocycles. The molecule has 1 aliphatic heterocycles. The van der Waals surface area contributed by atoms with Gasteiger partial charge in [0.1, 0.15) is 0 Å². The normalized spacial score (nSPS) is 19.2. The molecule has 19 heavy (non-hydrogen) atoms. The van der Waals surface area contributed by atoms with Crippen LogP contribution in [-0.4, -0.2) is 74.8 Å². The van der Waals surface area contributed by atoms with Gasteiger partial charge < -0.3 is 15.4 Å². The zero-order valence-corrected chi connectivity index (χ0v) is 13.3. The number of thioether (sulfide) groups is 1. The molecule has 0 amide bonds. The van der Waals surface area contributed by atoms with Crippen LogP contribution >= 0.6 is 11.8 Å². The van der Waals surface area contributed by atoms with Crippen molar-refractivity contribution in [1.29, 1.82) is 0 Å². The molecule has 0 bridgehead atoms. The Morgan fingerprint density at radius 1 is 1.37 bits per heavy atom. The summed E-state index contributed by atoms with van der Waals surface area (Å²) < 4.78 is 5.38. The molecule has 0 aromatic heterocycles. The predicted octanol–water partition coefficient (Wildman–Crippen LogP) is 0.625. The van der Waals surface area contributed by atoms with Crippen molar-refractivity contribution in [3.63, 3.8) is 0 Å². The van der Waals surface area contributed by atoms with Crippen LogP contribution in [0.15, 0.2) is 4.99 Å². The number of morpholine rings is 1. The van der Waals surface area contributed by atoms with Gasteiger partial charge in [-0.2, -0.15) is 11.8 Å². The molecule has 0 aromatic rings. The van der Waals surface area contributed by atoms with Gasteiger partial charge in [0.05, 0.1) is 19.8 Å². The van der Waals surface area contributed by atoms with E-state index >= 15 is 0 Å². The van der Waals surface area contributed by atoms with Crippen molar-refractivity contribution in [1.82, 2.24) is 15.5 Å². The second-order valence-electron chi connectivity index (χ2n) is 4.64. The molecule has 0 saturated carbocycles. The summed E-state index contributed by atoms with van der Waals surface area (Å²) in [6, 6.07) is 0.472. The van der Waals surface area contributed by atoms with Crippen molar-refractivity contribution >= 4 is 17.7 Å². The summed E-state index contributed by atoms with van der Waals surface area (Å²) in [5.41, 5.74) is 0. The molecule has 1 atom stereocenters. The van der Waals surface area contributed by atoms with Crippen molar-refractivity contribution in [3.05, 3.63) is 0 Å². The fraction of sp³-hybridized carbons (Fsp3) is 0.923. The predicted molar refractivity (Wildman–Crippen MR) is 84.2 cm³/mol. The Kier molecular flexibility index (Phi) is 9.03. The Labute approximate surface area is 121 Å². The number of nitrogens with zero attached hydrogens (tertiary/aromatic N) is 2. The summed E-state index contributed by atoms with van der Waals surface area (Å²) in [6.45, 7) is 10.8. The van der Waals surface area contributed by atoms with Crippen LogP contribution in [0.25, 0.3) is 0 Å². The molecule has 112 valence electrons. The lowest BCUT2D eigenvalue weighted by atomic mass is 10.2. The topological polar surface area (TPSA) is 48.9 Å². The van der Waals surface area contributed by atoms with Gasteiger partial charge in [-0.25, -0.2) is 0 Å². The van der Waals surface area contributed by atoms with Crippen molar-refractivity contribution in [2.24, 2.45) is 4.99 Å². The van der Waals surface area contributed by atoms with Gasteiger partial charge in [0, 0.05) is 38.0 Å². The lowest BCUT2D eigenvalue weighted by Crippen LogP contribution is -2.44. The minimum absolute atomic E-state index is 0.472. The van der Waals surface area contributed by atoms with Crippen LogP contribution in [0.3, 0.4) is 0 Å². The quantitative estimate of drug-likeness (QED) is 0.409. The Balaban J connectivity index is 2.34. The molecule has 2 N–H and O–H groups in total. The summed E-state index contributed by atoms with van der Waals surface area (Å²) >= 11 is 1.84. The second kappa shape index (κ2) is 10.3. The van der Waals surface area contributed by atoms with Crippen LogP contribution in [-0.2, 0) is 4.74 Å². The van der Waals surface area contributed by atoms with Gasteiger partial charge in [-0.15, -0.1) is 0 Å². The summed E-state index contributed by atoms with van der Waals surface area (Å²) in [4.78, 5) is 7.11. The van der Waals surface area contributed by atoms with Gasteiger partial charge >= 0.3 is 0 Å². The maximum absolute atomic E-state index is 5.38. The summed E-state index contributed by atoms with van der Waals surface area (Å²) in [5.74, 6) is 2.03. The maximum Gasteiger partial charge on any atom is 0.191 e.